The van der Waals surface area contributed by atoms with Gasteiger partial charge in [-0.3, -0.25) is 0 Å². The lowest BCUT2D eigenvalue weighted by molar-refractivity contribution is 0.547. The second-order valence-corrected chi connectivity index (χ2v) is 7.40. The number of hydrogen-bond acceptors (Lipinski definition) is 3. The lowest BCUT2D eigenvalue weighted by Crippen LogP contribution is -2.10. The zero-order valence-electron chi connectivity index (χ0n) is 16.4. The standard InChI is InChI=1S/C26H20O3/c1-16-20-14-22-24(28-17(2)25(22)19-11-7-4-8-12-19)15-23(20)29-26(27)21(16)13-18-9-5-3-6-10-18/h3-12,14-15H,13H2,1-2H3. The maximum Gasteiger partial charge on any atom is 0.340 e. The monoisotopic (exact) mass is 380 g/mol. The quantitative estimate of drug-likeness (QED) is 0.340. The molecule has 0 fully saturated rings. The molecule has 3 heteroatoms. The van der Waals surface area contributed by atoms with Crippen LogP contribution in [0.15, 0.2) is 86.4 Å². The van der Waals surface area contributed by atoms with Gasteiger partial charge in [-0.05, 0) is 36.6 Å². The summed E-state index contributed by atoms with van der Waals surface area (Å²) in [7, 11) is 0. The molecule has 2 heterocycles. The molecule has 3 nitrogen and oxygen atoms in total. The average molecular weight is 380 g/mol. The fourth-order valence-electron chi connectivity index (χ4n) is 4.07. The van der Waals surface area contributed by atoms with Crippen LogP contribution in [0.25, 0.3) is 33.1 Å². The number of benzene rings is 3. The Labute approximate surface area is 168 Å². The predicted octanol–water partition coefficient (Wildman–Crippen LogP) is 6.41. The molecule has 5 aromatic rings. The van der Waals surface area contributed by atoms with E-state index in [1.807, 2.05) is 68.4 Å². The van der Waals surface area contributed by atoms with E-state index >= 15 is 0 Å². The van der Waals surface area contributed by atoms with Crippen LogP contribution < -0.4 is 5.63 Å². The van der Waals surface area contributed by atoms with Crippen LogP contribution in [0.4, 0.5) is 0 Å². The summed E-state index contributed by atoms with van der Waals surface area (Å²) in [5.41, 5.74) is 5.94. The van der Waals surface area contributed by atoms with Gasteiger partial charge < -0.3 is 8.83 Å². The van der Waals surface area contributed by atoms with Gasteiger partial charge in [0, 0.05) is 34.4 Å². The first-order chi connectivity index (χ1) is 14.1. The Balaban J connectivity index is 1.75. The largest absolute Gasteiger partial charge is 0.461 e. The summed E-state index contributed by atoms with van der Waals surface area (Å²) < 4.78 is 11.7. The molecule has 142 valence electrons. The Bertz CT molecular complexity index is 1390. The van der Waals surface area contributed by atoms with E-state index in [0.29, 0.717) is 17.6 Å². The number of furan rings is 1. The Kier molecular flexibility index (Phi) is 4.09. The summed E-state index contributed by atoms with van der Waals surface area (Å²) in [6, 6.07) is 24.1. The number of hydrogen-bond donors (Lipinski definition) is 0. The lowest BCUT2D eigenvalue weighted by Gasteiger charge is -2.08. The molecule has 2 aromatic heterocycles. The van der Waals surface area contributed by atoms with Crippen LogP contribution in [-0.4, -0.2) is 0 Å². The van der Waals surface area contributed by atoms with Gasteiger partial charge in [0.05, 0.1) is 0 Å². The van der Waals surface area contributed by atoms with E-state index in [1.165, 1.54) is 0 Å². The van der Waals surface area contributed by atoms with Crippen molar-refractivity contribution in [2.75, 3.05) is 0 Å². The summed E-state index contributed by atoms with van der Waals surface area (Å²) in [6.07, 6.45) is 0.555. The molecule has 0 aliphatic rings. The second-order valence-electron chi connectivity index (χ2n) is 7.40. The first kappa shape index (κ1) is 17.5. The second kappa shape index (κ2) is 6.78. The van der Waals surface area contributed by atoms with Crippen molar-refractivity contribution < 1.29 is 8.83 Å². The van der Waals surface area contributed by atoms with Crippen molar-refractivity contribution in [1.29, 1.82) is 0 Å². The third-order valence-electron chi connectivity index (χ3n) is 5.56. The van der Waals surface area contributed by atoms with Gasteiger partial charge in [0.2, 0.25) is 0 Å². The molecule has 0 atom stereocenters. The molecule has 3 aromatic carbocycles. The van der Waals surface area contributed by atoms with E-state index in [9.17, 15) is 4.79 Å². The SMILES string of the molecule is Cc1oc2cc3oc(=O)c(Cc4ccccc4)c(C)c3cc2c1-c1ccccc1. The van der Waals surface area contributed by atoms with E-state index in [-0.39, 0.29) is 5.63 Å². The smallest absolute Gasteiger partial charge is 0.340 e. The van der Waals surface area contributed by atoms with Gasteiger partial charge >= 0.3 is 5.63 Å². The van der Waals surface area contributed by atoms with Crippen molar-refractivity contribution >= 4 is 21.9 Å². The fraction of sp³-hybridized carbons (Fsp3) is 0.115. The Morgan fingerprint density at radius 3 is 2.14 bits per heavy atom. The van der Waals surface area contributed by atoms with Crippen molar-refractivity contribution in [2.24, 2.45) is 0 Å². The summed E-state index contributed by atoms with van der Waals surface area (Å²) in [4.78, 5) is 12.7. The summed E-state index contributed by atoms with van der Waals surface area (Å²) in [5.74, 6) is 0.853. The van der Waals surface area contributed by atoms with Gasteiger partial charge in [0.25, 0.3) is 0 Å². The molecule has 0 aliphatic carbocycles. The molecular formula is C26H20O3. The van der Waals surface area contributed by atoms with Crippen molar-refractivity contribution in [3.63, 3.8) is 0 Å². The lowest BCUT2D eigenvalue weighted by atomic mass is 9.97. The minimum Gasteiger partial charge on any atom is -0.461 e. The van der Waals surface area contributed by atoms with Gasteiger partial charge in [-0.1, -0.05) is 60.7 Å². The summed E-state index contributed by atoms with van der Waals surface area (Å²) in [5, 5.41) is 1.98. The number of rotatable bonds is 3. The van der Waals surface area contributed by atoms with Gasteiger partial charge in [-0.2, -0.15) is 0 Å². The molecule has 0 amide bonds. The third-order valence-corrected chi connectivity index (χ3v) is 5.56. The molecule has 0 N–H and O–H groups in total. The molecule has 29 heavy (non-hydrogen) atoms. The van der Waals surface area contributed by atoms with Crippen molar-refractivity contribution in [1.82, 2.24) is 0 Å². The Morgan fingerprint density at radius 2 is 1.41 bits per heavy atom. The van der Waals surface area contributed by atoms with Crippen LogP contribution in [0.2, 0.25) is 0 Å². The highest BCUT2D eigenvalue weighted by Crippen LogP contribution is 2.37. The predicted molar refractivity (Wildman–Crippen MR) is 116 cm³/mol. The maximum atomic E-state index is 12.7. The zero-order chi connectivity index (χ0) is 20.0. The van der Waals surface area contributed by atoms with Crippen LogP contribution in [0, 0.1) is 13.8 Å². The molecule has 0 bridgehead atoms. The van der Waals surface area contributed by atoms with Crippen molar-refractivity contribution in [2.45, 2.75) is 20.3 Å². The summed E-state index contributed by atoms with van der Waals surface area (Å²) >= 11 is 0. The molecule has 0 radical (unpaired) electrons. The Hall–Kier alpha value is -3.59. The minimum absolute atomic E-state index is 0.287. The van der Waals surface area contributed by atoms with E-state index in [0.717, 1.165) is 44.4 Å². The highest BCUT2D eigenvalue weighted by molar-refractivity contribution is 6.03. The highest BCUT2D eigenvalue weighted by Gasteiger charge is 2.18. The van der Waals surface area contributed by atoms with E-state index in [4.69, 9.17) is 8.83 Å². The van der Waals surface area contributed by atoms with Crippen molar-refractivity contribution in [3.8, 4) is 11.1 Å². The first-order valence-corrected chi connectivity index (χ1v) is 9.70. The molecule has 0 saturated carbocycles. The van der Waals surface area contributed by atoms with Gasteiger partial charge in [-0.25, -0.2) is 4.79 Å². The van der Waals surface area contributed by atoms with Gasteiger partial charge in [0.15, 0.2) is 0 Å². The molecule has 5 rings (SSSR count). The molecule has 0 spiro atoms. The van der Waals surface area contributed by atoms with E-state index < -0.39 is 0 Å². The normalized spacial score (nSPS) is 11.4. The average Bonchev–Trinajstić information content (AvgIpc) is 3.06. The minimum atomic E-state index is -0.287. The highest BCUT2D eigenvalue weighted by atomic mass is 16.4. The zero-order valence-corrected chi connectivity index (χ0v) is 16.4. The van der Waals surface area contributed by atoms with Crippen LogP contribution in [0.5, 0.6) is 0 Å². The van der Waals surface area contributed by atoms with Crippen LogP contribution in [-0.2, 0) is 6.42 Å². The number of aryl methyl sites for hydroxylation is 2. The molecular weight excluding hydrogens is 360 g/mol. The van der Waals surface area contributed by atoms with Crippen LogP contribution >= 0.6 is 0 Å². The summed E-state index contributed by atoms with van der Waals surface area (Å²) in [6.45, 7) is 3.97. The van der Waals surface area contributed by atoms with Gasteiger partial charge in [-0.15, -0.1) is 0 Å². The maximum absolute atomic E-state index is 12.7. The van der Waals surface area contributed by atoms with Gasteiger partial charge in [0.1, 0.15) is 16.9 Å². The topological polar surface area (TPSA) is 43.4 Å². The Morgan fingerprint density at radius 1 is 0.759 bits per heavy atom. The van der Waals surface area contributed by atoms with Crippen molar-refractivity contribution in [3.05, 3.63) is 106 Å². The van der Waals surface area contributed by atoms with E-state index in [2.05, 4.69) is 18.2 Å². The van der Waals surface area contributed by atoms with Crippen LogP contribution in [0.1, 0.15) is 22.5 Å². The molecule has 0 aliphatic heterocycles. The number of fused-ring (bicyclic) bond motifs is 2. The molecule has 0 unspecified atom stereocenters. The van der Waals surface area contributed by atoms with Crippen LogP contribution in [0.3, 0.4) is 0 Å². The van der Waals surface area contributed by atoms with E-state index in [1.54, 1.807) is 0 Å². The third kappa shape index (κ3) is 2.95. The molecule has 0 saturated heterocycles. The fourth-order valence-corrected chi connectivity index (χ4v) is 4.07. The first-order valence-electron chi connectivity index (χ1n) is 9.70.